The average molecular weight is 433 g/mol. The third kappa shape index (κ3) is 4.55. The summed E-state index contributed by atoms with van der Waals surface area (Å²) < 4.78 is 52.0. The van der Waals surface area contributed by atoms with Gasteiger partial charge in [0.1, 0.15) is 29.4 Å². The number of carbonyl (C=O) groups excluding carboxylic acids is 1. The summed E-state index contributed by atoms with van der Waals surface area (Å²) in [7, 11) is 2.37. The predicted octanol–water partition coefficient (Wildman–Crippen LogP) is 4.82. The van der Waals surface area contributed by atoms with Crippen molar-refractivity contribution in [2.45, 2.75) is 6.18 Å². The Kier molecular flexibility index (Phi) is 6.05. The fourth-order valence-electron chi connectivity index (χ4n) is 3.21. The second-order valence-electron chi connectivity index (χ2n) is 6.64. The van der Waals surface area contributed by atoms with E-state index in [0.717, 1.165) is 18.1 Å². The van der Waals surface area contributed by atoms with Crippen LogP contribution in [0.4, 0.5) is 13.2 Å². The van der Waals surface area contributed by atoms with Crippen LogP contribution in [0.2, 0.25) is 0 Å². The third-order valence-electron chi connectivity index (χ3n) is 4.53. The molecule has 0 aliphatic heterocycles. The first-order valence-electron chi connectivity index (χ1n) is 9.04. The van der Waals surface area contributed by atoms with Gasteiger partial charge in [-0.15, -0.1) is 0 Å². The molecule has 3 aromatic carbocycles. The molecule has 0 aliphatic rings. The van der Waals surface area contributed by atoms with Crippen molar-refractivity contribution in [3.8, 4) is 17.2 Å². The molecule has 3 aromatic rings. The molecule has 6 nitrogen and oxygen atoms in total. The molecular formula is C22H18F3NO5. The van der Waals surface area contributed by atoms with Gasteiger partial charge in [-0.25, -0.2) is 0 Å². The number of hydrogen-bond donors (Lipinski definition) is 1. The molecule has 0 aromatic heterocycles. The van der Waals surface area contributed by atoms with Crippen molar-refractivity contribution in [2.75, 3.05) is 20.7 Å². The first-order valence-corrected chi connectivity index (χ1v) is 9.04. The lowest BCUT2D eigenvalue weighted by atomic mass is 9.97. The zero-order valence-corrected chi connectivity index (χ0v) is 16.6. The Morgan fingerprint density at radius 2 is 1.58 bits per heavy atom. The van der Waals surface area contributed by atoms with E-state index in [-0.39, 0.29) is 22.1 Å². The van der Waals surface area contributed by atoms with Gasteiger partial charge in [-0.2, -0.15) is 13.2 Å². The number of para-hydroxylation sites is 1. The van der Waals surface area contributed by atoms with Crippen LogP contribution in [0.5, 0.6) is 17.2 Å². The fraction of sp³-hybridized carbons (Fsp3) is 0.182. The highest BCUT2D eigenvalue weighted by molar-refractivity contribution is 6.11. The van der Waals surface area contributed by atoms with Crippen molar-refractivity contribution in [1.29, 1.82) is 0 Å². The predicted molar refractivity (Wildman–Crippen MR) is 107 cm³/mol. The summed E-state index contributed by atoms with van der Waals surface area (Å²) in [4.78, 5) is 25.0. The van der Waals surface area contributed by atoms with E-state index in [1.807, 2.05) is 0 Å². The van der Waals surface area contributed by atoms with Crippen LogP contribution >= 0.6 is 0 Å². The number of aliphatic carboxylic acids is 1. The lowest BCUT2D eigenvalue weighted by Crippen LogP contribution is -2.32. The summed E-state index contributed by atoms with van der Waals surface area (Å²) in [6.07, 6.45) is -4.75. The summed E-state index contributed by atoms with van der Waals surface area (Å²) in [5.74, 6) is -2.09. The highest BCUT2D eigenvalue weighted by Gasteiger charge is 2.37. The molecule has 162 valence electrons. The maximum Gasteiger partial charge on any atom is 0.420 e. The highest BCUT2D eigenvalue weighted by atomic mass is 19.4. The van der Waals surface area contributed by atoms with Crippen LogP contribution in [-0.4, -0.2) is 42.6 Å². The summed E-state index contributed by atoms with van der Waals surface area (Å²) in [5, 5.41) is 8.72. The Morgan fingerprint density at radius 1 is 0.968 bits per heavy atom. The van der Waals surface area contributed by atoms with Crippen molar-refractivity contribution in [1.82, 2.24) is 4.90 Å². The quantitative estimate of drug-likeness (QED) is 0.604. The molecule has 1 amide bonds. The number of rotatable bonds is 6. The molecule has 0 bridgehead atoms. The Hall–Kier alpha value is -3.75. The summed E-state index contributed by atoms with van der Waals surface area (Å²) in [6, 6.07) is 13.3. The monoisotopic (exact) mass is 433 g/mol. The number of hydrogen-bond acceptors (Lipinski definition) is 4. The van der Waals surface area contributed by atoms with E-state index in [9.17, 15) is 22.8 Å². The lowest BCUT2D eigenvalue weighted by molar-refractivity contribution is -0.138. The average Bonchev–Trinajstić information content (AvgIpc) is 2.71. The van der Waals surface area contributed by atoms with Crippen molar-refractivity contribution in [3.05, 3.63) is 65.7 Å². The van der Waals surface area contributed by atoms with Crippen molar-refractivity contribution >= 4 is 22.6 Å². The topological polar surface area (TPSA) is 76.1 Å². The number of carboxylic acid groups (broad SMARTS) is 1. The largest absolute Gasteiger partial charge is 0.496 e. The number of alkyl halides is 3. The summed E-state index contributed by atoms with van der Waals surface area (Å²) in [5.41, 5.74) is -1.22. The number of benzene rings is 3. The minimum atomic E-state index is -4.75. The van der Waals surface area contributed by atoms with Gasteiger partial charge in [0.2, 0.25) is 0 Å². The third-order valence-corrected chi connectivity index (χ3v) is 4.53. The molecule has 0 atom stereocenters. The Balaban J connectivity index is 2.28. The normalized spacial score (nSPS) is 11.3. The van der Waals surface area contributed by atoms with Gasteiger partial charge in [0, 0.05) is 7.05 Å². The van der Waals surface area contributed by atoms with Crippen LogP contribution < -0.4 is 9.47 Å². The number of halogens is 3. The van der Waals surface area contributed by atoms with Gasteiger partial charge in [-0.3, -0.25) is 9.59 Å². The van der Waals surface area contributed by atoms with E-state index in [2.05, 4.69) is 0 Å². The second kappa shape index (κ2) is 8.55. The van der Waals surface area contributed by atoms with E-state index in [1.54, 1.807) is 30.3 Å². The van der Waals surface area contributed by atoms with Crippen LogP contribution in [-0.2, 0) is 11.0 Å². The number of nitrogens with zero attached hydrogens (tertiary/aromatic N) is 1. The number of carboxylic acids is 1. The molecule has 0 radical (unpaired) electrons. The van der Waals surface area contributed by atoms with E-state index in [4.69, 9.17) is 14.6 Å². The van der Waals surface area contributed by atoms with Gasteiger partial charge in [0.05, 0.1) is 12.7 Å². The van der Waals surface area contributed by atoms with E-state index in [1.165, 1.54) is 25.2 Å². The molecule has 3 rings (SSSR count). The van der Waals surface area contributed by atoms with Crippen LogP contribution in [0.3, 0.4) is 0 Å². The summed E-state index contributed by atoms with van der Waals surface area (Å²) in [6.45, 7) is -0.637. The molecule has 9 heteroatoms. The lowest BCUT2D eigenvalue weighted by Gasteiger charge is -2.21. The smallest absolute Gasteiger partial charge is 0.420 e. The highest BCUT2D eigenvalue weighted by Crippen LogP contribution is 2.44. The first-order chi connectivity index (χ1) is 14.6. The van der Waals surface area contributed by atoms with Gasteiger partial charge < -0.3 is 19.5 Å². The molecule has 0 heterocycles. The molecule has 0 saturated carbocycles. The number of ether oxygens (including phenoxy) is 2. The molecule has 0 saturated heterocycles. The molecule has 0 unspecified atom stereocenters. The molecule has 1 N–H and O–H groups in total. The molecule has 0 aliphatic carbocycles. The van der Waals surface area contributed by atoms with E-state index >= 15 is 0 Å². The molecular weight excluding hydrogens is 415 g/mol. The van der Waals surface area contributed by atoms with Crippen molar-refractivity contribution in [2.24, 2.45) is 0 Å². The van der Waals surface area contributed by atoms with E-state index < -0.39 is 35.9 Å². The maximum atomic E-state index is 13.8. The Bertz CT molecular complexity index is 1130. The SMILES string of the molecule is COc1ccc2c(C(=O)N(C)CC(=O)O)c(Oc3ccccc3)ccc2c1C(F)(F)F. The van der Waals surface area contributed by atoms with Crippen LogP contribution in [0, 0.1) is 0 Å². The number of fused-ring (bicyclic) bond motifs is 1. The number of amides is 1. The van der Waals surface area contributed by atoms with Gasteiger partial charge in [0.25, 0.3) is 5.91 Å². The minimum absolute atomic E-state index is 0.000713. The zero-order chi connectivity index (χ0) is 22.8. The molecule has 0 fully saturated rings. The second-order valence-corrected chi connectivity index (χ2v) is 6.64. The summed E-state index contributed by atoms with van der Waals surface area (Å²) >= 11 is 0. The van der Waals surface area contributed by atoms with Gasteiger partial charge in [-0.05, 0) is 47.2 Å². The standard InChI is InChI=1S/C22H18F3NO5/c1-26(12-18(27)28)21(29)19-14-8-11-17(30-2)20(22(23,24)25)15(14)9-10-16(19)31-13-6-4-3-5-7-13/h3-11H,12H2,1-2H3,(H,27,28). The van der Waals surface area contributed by atoms with Gasteiger partial charge in [-0.1, -0.05) is 18.2 Å². The number of methoxy groups -OCH3 is 1. The minimum Gasteiger partial charge on any atom is -0.496 e. The van der Waals surface area contributed by atoms with Gasteiger partial charge in [0.15, 0.2) is 0 Å². The van der Waals surface area contributed by atoms with Crippen LogP contribution in [0.1, 0.15) is 15.9 Å². The molecule has 31 heavy (non-hydrogen) atoms. The first kappa shape index (κ1) is 21.9. The molecule has 0 spiro atoms. The van der Waals surface area contributed by atoms with Crippen molar-refractivity contribution < 1.29 is 37.3 Å². The maximum absolute atomic E-state index is 13.8. The fourth-order valence-corrected chi connectivity index (χ4v) is 3.21. The van der Waals surface area contributed by atoms with Crippen LogP contribution in [0.15, 0.2) is 54.6 Å². The zero-order valence-electron chi connectivity index (χ0n) is 16.6. The van der Waals surface area contributed by atoms with Crippen LogP contribution in [0.25, 0.3) is 10.8 Å². The van der Waals surface area contributed by atoms with Crippen molar-refractivity contribution in [3.63, 3.8) is 0 Å². The van der Waals surface area contributed by atoms with Gasteiger partial charge >= 0.3 is 12.1 Å². The van der Waals surface area contributed by atoms with E-state index in [0.29, 0.717) is 5.75 Å². The number of carbonyl (C=O) groups is 2. The Labute approximate surface area is 175 Å². The number of likely N-dealkylation sites (N-methyl/N-ethyl adjacent to an activating group) is 1. The Morgan fingerprint density at radius 3 is 2.16 bits per heavy atom.